The second-order valence-corrected chi connectivity index (χ2v) is 7.69. The van der Waals surface area contributed by atoms with Crippen LogP contribution in [0.2, 0.25) is 0 Å². The summed E-state index contributed by atoms with van der Waals surface area (Å²) in [6.07, 6.45) is 0. The molecule has 9 heteroatoms. The van der Waals surface area contributed by atoms with E-state index >= 15 is 0 Å². The molecule has 0 radical (unpaired) electrons. The maximum absolute atomic E-state index is 12.8. The zero-order chi connectivity index (χ0) is 16.6. The monoisotopic (exact) mass is 349 g/mol. The van der Waals surface area contributed by atoms with Crippen LogP contribution in [-0.4, -0.2) is 33.3 Å². The first-order valence-electron chi connectivity index (χ1n) is 6.85. The molecule has 3 N–H and O–H groups in total. The molecule has 2 amide bonds. The zero-order valence-electron chi connectivity index (χ0n) is 12.6. The number of para-hydroxylation sites is 2. The van der Waals surface area contributed by atoms with E-state index in [4.69, 9.17) is 5.73 Å². The van der Waals surface area contributed by atoms with E-state index in [9.17, 15) is 9.59 Å². The number of benzene rings is 1. The molecule has 0 bridgehead atoms. The van der Waals surface area contributed by atoms with Crippen LogP contribution in [0.15, 0.2) is 28.6 Å². The van der Waals surface area contributed by atoms with Crippen LogP contribution < -0.4 is 16.0 Å². The van der Waals surface area contributed by atoms with Crippen LogP contribution in [0.25, 0.3) is 0 Å². The molecule has 1 aromatic carbocycles. The Bertz CT molecular complexity index is 774. The van der Waals surface area contributed by atoms with Crippen LogP contribution >= 0.6 is 23.1 Å². The summed E-state index contributed by atoms with van der Waals surface area (Å²) in [6, 6.07) is 7.26. The lowest BCUT2D eigenvalue weighted by Gasteiger charge is -2.42. The lowest BCUT2D eigenvalue weighted by atomic mass is 9.96. The number of amides is 2. The molecule has 0 aliphatic carbocycles. The predicted molar refractivity (Wildman–Crippen MR) is 91.7 cm³/mol. The van der Waals surface area contributed by atoms with Gasteiger partial charge in [-0.1, -0.05) is 35.2 Å². The van der Waals surface area contributed by atoms with Crippen LogP contribution in [0.5, 0.6) is 0 Å². The summed E-state index contributed by atoms with van der Waals surface area (Å²) >= 11 is 2.49. The fourth-order valence-electron chi connectivity index (χ4n) is 2.37. The highest BCUT2D eigenvalue weighted by Crippen LogP contribution is 2.37. The summed E-state index contributed by atoms with van der Waals surface area (Å²) in [7, 11) is 0. The first-order chi connectivity index (χ1) is 10.9. The number of nitrogens with two attached hydrogens (primary N) is 1. The summed E-state index contributed by atoms with van der Waals surface area (Å²) in [5.74, 6) is -0.231. The molecular formula is C14H15N5O2S2. The molecule has 1 aromatic heterocycles. The molecule has 0 unspecified atom stereocenters. The average Bonchev–Trinajstić information content (AvgIpc) is 2.91. The molecular weight excluding hydrogens is 334 g/mol. The van der Waals surface area contributed by atoms with E-state index in [2.05, 4.69) is 15.5 Å². The standard InChI is InChI=1S/C14H15N5O2S2/c1-14(2)11(21)16-8-5-3-4-6-9(8)19(14)10(20)7-22-13-18-17-12(15)23-13/h3-6H,7H2,1-2H3,(H2,15,17)(H,16,21). The molecule has 2 heterocycles. The predicted octanol–water partition coefficient (Wildman–Crippen LogP) is 1.98. The normalized spacial score (nSPS) is 15.9. The highest BCUT2D eigenvalue weighted by Gasteiger charge is 2.43. The molecule has 1 aliphatic rings. The second kappa shape index (κ2) is 5.82. The summed E-state index contributed by atoms with van der Waals surface area (Å²) in [5.41, 5.74) is 5.90. The maximum Gasteiger partial charge on any atom is 0.250 e. The number of rotatable bonds is 3. The van der Waals surface area contributed by atoms with Crippen molar-refractivity contribution in [2.24, 2.45) is 0 Å². The summed E-state index contributed by atoms with van der Waals surface area (Å²) in [6.45, 7) is 3.45. The highest BCUT2D eigenvalue weighted by atomic mass is 32.2. The molecule has 0 spiro atoms. The number of aromatic nitrogens is 2. The molecule has 0 saturated heterocycles. The van der Waals surface area contributed by atoms with E-state index in [1.807, 2.05) is 18.2 Å². The van der Waals surface area contributed by atoms with Gasteiger partial charge in [-0.05, 0) is 26.0 Å². The van der Waals surface area contributed by atoms with Crippen LogP contribution in [0.1, 0.15) is 13.8 Å². The number of thioether (sulfide) groups is 1. The van der Waals surface area contributed by atoms with Crippen molar-refractivity contribution in [1.82, 2.24) is 10.2 Å². The molecule has 1 aliphatic heterocycles. The summed E-state index contributed by atoms with van der Waals surface area (Å²) in [5, 5.41) is 10.8. The molecule has 3 rings (SSSR count). The lowest BCUT2D eigenvalue weighted by Crippen LogP contribution is -2.58. The quantitative estimate of drug-likeness (QED) is 0.822. The Morgan fingerprint density at radius 3 is 2.83 bits per heavy atom. The SMILES string of the molecule is CC1(C)C(=O)Nc2ccccc2N1C(=O)CSc1nnc(N)s1. The lowest BCUT2D eigenvalue weighted by molar-refractivity contribution is -0.125. The van der Waals surface area contributed by atoms with Gasteiger partial charge in [-0.25, -0.2) is 0 Å². The van der Waals surface area contributed by atoms with E-state index in [0.29, 0.717) is 20.8 Å². The van der Waals surface area contributed by atoms with Crippen LogP contribution in [0, 0.1) is 0 Å². The van der Waals surface area contributed by atoms with Gasteiger partial charge in [0.2, 0.25) is 16.9 Å². The average molecular weight is 349 g/mol. The number of hydrogen-bond acceptors (Lipinski definition) is 7. The van der Waals surface area contributed by atoms with Crippen molar-refractivity contribution in [2.45, 2.75) is 23.7 Å². The molecule has 120 valence electrons. The van der Waals surface area contributed by atoms with E-state index in [1.54, 1.807) is 24.8 Å². The van der Waals surface area contributed by atoms with Gasteiger partial charge in [0.25, 0.3) is 0 Å². The van der Waals surface area contributed by atoms with Crippen LogP contribution in [0.4, 0.5) is 16.5 Å². The molecule has 7 nitrogen and oxygen atoms in total. The Morgan fingerprint density at radius 2 is 2.13 bits per heavy atom. The van der Waals surface area contributed by atoms with Gasteiger partial charge in [-0.3, -0.25) is 14.5 Å². The Morgan fingerprint density at radius 1 is 1.39 bits per heavy atom. The van der Waals surface area contributed by atoms with Crippen molar-refractivity contribution in [2.75, 3.05) is 21.7 Å². The van der Waals surface area contributed by atoms with E-state index < -0.39 is 5.54 Å². The van der Waals surface area contributed by atoms with Gasteiger partial charge in [0.1, 0.15) is 5.54 Å². The second-order valence-electron chi connectivity index (χ2n) is 5.45. The largest absolute Gasteiger partial charge is 0.374 e. The van der Waals surface area contributed by atoms with E-state index in [1.165, 1.54) is 23.1 Å². The van der Waals surface area contributed by atoms with Gasteiger partial charge in [-0.2, -0.15) is 0 Å². The van der Waals surface area contributed by atoms with E-state index in [0.717, 1.165) is 0 Å². The van der Waals surface area contributed by atoms with Gasteiger partial charge in [0.05, 0.1) is 17.1 Å². The first kappa shape index (κ1) is 15.8. The fraction of sp³-hybridized carbons (Fsp3) is 0.286. The minimum Gasteiger partial charge on any atom is -0.374 e. The minimum atomic E-state index is -0.966. The zero-order valence-corrected chi connectivity index (χ0v) is 14.2. The van der Waals surface area contributed by atoms with Gasteiger partial charge >= 0.3 is 0 Å². The Labute approximate surface area is 141 Å². The molecule has 23 heavy (non-hydrogen) atoms. The van der Waals surface area contributed by atoms with Crippen molar-refractivity contribution < 1.29 is 9.59 Å². The molecule has 2 aromatic rings. The minimum absolute atomic E-state index is 0.152. The van der Waals surface area contributed by atoms with Gasteiger partial charge in [-0.15, -0.1) is 10.2 Å². The topological polar surface area (TPSA) is 101 Å². The number of nitrogens with zero attached hydrogens (tertiary/aromatic N) is 3. The van der Waals surface area contributed by atoms with Crippen molar-refractivity contribution in [3.63, 3.8) is 0 Å². The fourth-order valence-corrected chi connectivity index (χ4v) is 3.85. The van der Waals surface area contributed by atoms with E-state index in [-0.39, 0.29) is 17.6 Å². The number of nitrogens with one attached hydrogen (secondary N) is 1. The van der Waals surface area contributed by atoms with Gasteiger partial charge < -0.3 is 11.1 Å². The van der Waals surface area contributed by atoms with Crippen LogP contribution in [0.3, 0.4) is 0 Å². The van der Waals surface area contributed by atoms with Crippen molar-refractivity contribution in [3.8, 4) is 0 Å². The Balaban J connectivity index is 1.86. The Kier molecular flexibility index (Phi) is 3.99. The number of carbonyl (C=O) groups is 2. The van der Waals surface area contributed by atoms with Crippen molar-refractivity contribution in [1.29, 1.82) is 0 Å². The van der Waals surface area contributed by atoms with Crippen molar-refractivity contribution in [3.05, 3.63) is 24.3 Å². The highest BCUT2D eigenvalue weighted by molar-refractivity contribution is 8.01. The summed E-state index contributed by atoms with van der Waals surface area (Å²) in [4.78, 5) is 26.6. The molecule has 0 fully saturated rings. The first-order valence-corrected chi connectivity index (χ1v) is 8.65. The molecule has 0 saturated carbocycles. The van der Waals surface area contributed by atoms with Crippen molar-refractivity contribution >= 4 is 51.4 Å². The molecule has 0 atom stereocenters. The summed E-state index contributed by atoms with van der Waals surface area (Å²) < 4.78 is 0.628. The third kappa shape index (κ3) is 2.89. The maximum atomic E-state index is 12.8. The number of anilines is 3. The van der Waals surface area contributed by atoms with Crippen LogP contribution in [-0.2, 0) is 9.59 Å². The number of fused-ring (bicyclic) bond motifs is 1. The van der Waals surface area contributed by atoms with Gasteiger partial charge in [0, 0.05) is 0 Å². The third-order valence-electron chi connectivity index (χ3n) is 3.50. The number of carbonyl (C=O) groups excluding carboxylic acids is 2. The number of nitrogen functional groups attached to an aromatic ring is 1. The van der Waals surface area contributed by atoms with Gasteiger partial charge in [0.15, 0.2) is 4.34 Å². The smallest absolute Gasteiger partial charge is 0.250 e. The number of hydrogen-bond donors (Lipinski definition) is 2. The third-order valence-corrected chi connectivity index (χ3v) is 5.37. The Hall–Kier alpha value is -2.13.